The van der Waals surface area contributed by atoms with Crippen LogP contribution in [0.4, 0.5) is 10.5 Å². The Morgan fingerprint density at radius 1 is 1.12 bits per heavy atom. The smallest absolute Gasteiger partial charge is 0.314 e. The molecule has 1 aromatic rings. The molecule has 0 radical (unpaired) electrons. The minimum Gasteiger partial charge on any atom is -0.371 e. The van der Waals surface area contributed by atoms with Gasteiger partial charge in [0.15, 0.2) is 0 Å². The number of urea groups is 1. The van der Waals surface area contributed by atoms with E-state index in [-0.39, 0.29) is 6.03 Å². The fourth-order valence-electron chi connectivity index (χ4n) is 3.70. The number of halogens is 1. The summed E-state index contributed by atoms with van der Waals surface area (Å²) < 4.78 is 0. The molecule has 2 saturated heterocycles. The van der Waals surface area contributed by atoms with Crippen LogP contribution in [0.2, 0.25) is 5.02 Å². The summed E-state index contributed by atoms with van der Waals surface area (Å²) in [5.74, 6) is 0.506. The maximum absolute atomic E-state index is 11.9. The number of anilines is 1. The van der Waals surface area contributed by atoms with Gasteiger partial charge in [-0.1, -0.05) is 11.6 Å². The van der Waals surface area contributed by atoms with Gasteiger partial charge in [0.2, 0.25) is 0 Å². The third kappa shape index (κ3) is 5.79. The van der Waals surface area contributed by atoms with Crippen LogP contribution in [0.3, 0.4) is 0 Å². The lowest BCUT2D eigenvalue weighted by Gasteiger charge is -2.19. The van der Waals surface area contributed by atoms with Crippen molar-refractivity contribution in [2.45, 2.75) is 25.7 Å². The topological polar surface area (TPSA) is 47.6 Å². The average molecular weight is 365 g/mol. The van der Waals surface area contributed by atoms with Crippen molar-refractivity contribution in [2.75, 3.05) is 50.7 Å². The number of rotatable bonds is 7. The van der Waals surface area contributed by atoms with Gasteiger partial charge in [-0.05, 0) is 75.5 Å². The summed E-state index contributed by atoms with van der Waals surface area (Å²) in [6.45, 7) is 7.04. The third-order valence-electron chi connectivity index (χ3n) is 5.16. The van der Waals surface area contributed by atoms with Gasteiger partial charge in [0.25, 0.3) is 0 Å². The average Bonchev–Trinajstić information content (AvgIpc) is 3.29. The van der Waals surface area contributed by atoms with Crippen LogP contribution in [-0.4, -0.2) is 56.7 Å². The van der Waals surface area contributed by atoms with E-state index in [1.165, 1.54) is 31.6 Å². The summed E-state index contributed by atoms with van der Waals surface area (Å²) in [5, 5.41) is 6.76. The summed E-state index contributed by atoms with van der Waals surface area (Å²) in [6.07, 6.45) is 4.78. The van der Waals surface area contributed by atoms with Crippen LogP contribution in [0, 0.1) is 5.92 Å². The van der Waals surface area contributed by atoms with Gasteiger partial charge < -0.3 is 20.4 Å². The van der Waals surface area contributed by atoms with Crippen LogP contribution < -0.4 is 15.5 Å². The van der Waals surface area contributed by atoms with Gasteiger partial charge in [-0.25, -0.2) is 4.79 Å². The minimum atomic E-state index is -0.0358. The van der Waals surface area contributed by atoms with E-state index in [9.17, 15) is 4.79 Å². The Morgan fingerprint density at radius 2 is 1.88 bits per heavy atom. The van der Waals surface area contributed by atoms with E-state index in [1.54, 1.807) is 0 Å². The van der Waals surface area contributed by atoms with E-state index in [0.717, 1.165) is 50.6 Å². The lowest BCUT2D eigenvalue weighted by Crippen LogP contribution is -2.39. The summed E-state index contributed by atoms with van der Waals surface area (Å²) >= 11 is 5.94. The largest absolute Gasteiger partial charge is 0.371 e. The highest BCUT2D eigenvalue weighted by atomic mass is 35.5. The zero-order valence-electron chi connectivity index (χ0n) is 14.8. The number of nitrogens with one attached hydrogen (secondary N) is 2. The molecule has 0 unspecified atom stereocenters. The molecule has 2 aliphatic heterocycles. The van der Waals surface area contributed by atoms with Crippen molar-refractivity contribution >= 4 is 23.3 Å². The first-order valence-corrected chi connectivity index (χ1v) is 9.83. The second-order valence-electron chi connectivity index (χ2n) is 7.12. The van der Waals surface area contributed by atoms with Crippen molar-refractivity contribution in [3.63, 3.8) is 0 Å². The van der Waals surface area contributed by atoms with E-state index in [0.29, 0.717) is 5.92 Å². The van der Waals surface area contributed by atoms with Crippen LogP contribution in [0.5, 0.6) is 0 Å². The highest BCUT2D eigenvalue weighted by Gasteiger charge is 2.23. The van der Waals surface area contributed by atoms with Crippen LogP contribution in [0.1, 0.15) is 25.7 Å². The monoisotopic (exact) mass is 364 g/mol. The molecular formula is C19H29ClN4O. The number of amides is 2. The standard InChI is InChI=1S/C19H29ClN4O/c20-17-4-6-18(7-5-17)24-13-8-16(15-24)14-22-19(25)21-9-3-12-23-10-1-2-11-23/h4-7,16H,1-3,8-15H2,(H2,21,22,25)/t16-/m1/s1. The Morgan fingerprint density at radius 3 is 2.64 bits per heavy atom. The van der Waals surface area contributed by atoms with Crippen molar-refractivity contribution in [2.24, 2.45) is 5.92 Å². The van der Waals surface area contributed by atoms with Crippen LogP contribution in [0.25, 0.3) is 0 Å². The molecule has 25 heavy (non-hydrogen) atoms. The van der Waals surface area contributed by atoms with Gasteiger partial charge in [-0.15, -0.1) is 0 Å². The van der Waals surface area contributed by atoms with Crippen LogP contribution in [-0.2, 0) is 0 Å². The first kappa shape index (κ1) is 18.3. The maximum atomic E-state index is 11.9. The molecule has 3 rings (SSSR count). The molecule has 0 bridgehead atoms. The molecule has 0 aliphatic carbocycles. The van der Waals surface area contributed by atoms with Crippen molar-refractivity contribution in [3.05, 3.63) is 29.3 Å². The highest BCUT2D eigenvalue weighted by Crippen LogP contribution is 2.24. The zero-order valence-corrected chi connectivity index (χ0v) is 15.6. The number of hydrogen-bond acceptors (Lipinski definition) is 3. The predicted octanol–water partition coefficient (Wildman–Crippen LogP) is 2.95. The molecule has 2 N–H and O–H groups in total. The van der Waals surface area contributed by atoms with Gasteiger partial charge >= 0.3 is 6.03 Å². The maximum Gasteiger partial charge on any atom is 0.314 e. The Kier molecular flexibility index (Phi) is 6.82. The summed E-state index contributed by atoms with van der Waals surface area (Å²) in [4.78, 5) is 16.8. The first-order chi connectivity index (χ1) is 12.2. The molecule has 5 nitrogen and oxygen atoms in total. The first-order valence-electron chi connectivity index (χ1n) is 9.45. The molecule has 2 heterocycles. The van der Waals surface area contributed by atoms with Gasteiger partial charge in [0.05, 0.1) is 0 Å². The SMILES string of the molecule is O=C(NCCCN1CCCC1)NC[C@H]1CCN(c2ccc(Cl)cc2)C1. The number of nitrogens with zero attached hydrogens (tertiary/aromatic N) is 2. The van der Waals surface area contributed by atoms with E-state index in [1.807, 2.05) is 12.1 Å². The second kappa shape index (κ2) is 9.30. The Bertz CT molecular complexity index is 545. The molecule has 0 aromatic heterocycles. The van der Waals surface area contributed by atoms with Gasteiger partial charge in [0, 0.05) is 36.9 Å². The number of carbonyl (C=O) groups is 1. The summed E-state index contributed by atoms with van der Waals surface area (Å²) in [7, 11) is 0. The van der Waals surface area contributed by atoms with Gasteiger partial charge in [-0.3, -0.25) is 0 Å². The summed E-state index contributed by atoms with van der Waals surface area (Å²) in [5.41, 5.74) is 1.21. The van der Waals surface area contributed by atoms with Crippen molar-refractivity contribution in [3.8, 4) is 0 Å². The molecule has 138 valence electrons. The molecule has 1 atom stereocenters. The minimum absolute atomic E-state index is 0.0358. The van der Waals surface area contributed by atoms with E-state index in [4.69, 9.17) is 11.6 Å². The van der Waals surface area contributed by atoms with E-state index in [2.05, 4.69) is 32.6 Å². The Labute approximate surface area is 155 Å². The lowest BCUT2D eigenvalue weighted by atomic mass is 10.1. The quantitative estimate of drug-likeness (QED) is 0.731. The highest BCUT2D eigenvalue weighted by molar-refractivity contribution is 6.30. The van der Waals surface area contributed by atoms with Gasteiger partial charge in [0.1, 0.15) is 0 Å². The molecule has 0 saturated carbocycles. The van der Waals surface area contributed by atoms with Gasteiger partial charge in [-0.2, -0.15) is 0 Å². The Hall–Kier alpha value is -1.46. The van der Waals surface area contributed by atoms with Crippen molar-refractivity contribution in [1.82, 2.24) is 15.5 Å². The van der Waals surface area contributed by atoms with Crippen LogP contribution in [0.15, 0.2) is 24.3 Å². The molecular weight excluding hydrogens is 336 g/mol. The fourth-order valence-corrected chi connectivity index (χ4v) is 3.82. The van der Waals surface area contributed by atoms with Crippen LogP contribution >= 0.6 is 11.6 Å². The van der Waals surface area contributed by atoms with Crippen molar-refractivity contribution in [1.29, 1.82) is 0 Å². The number of hydrogen-bond donors (Lipinski definition) is 2. The third-order valence-corrected chi connectivity index (χ3v) is 5.42. The normalized spacial score (nSPS) is 20.8. The number of likely N-dealkylation sites (tertiary alicyclic amines) is 1. The number of carbonyl (C=O) groups excluding carboxylic acids is 1. The predicted molar refractivity (Wildman–Crippen MR) is 103 cm³/mol. The lowest BCUT2D eigenvalue weighted by molar-refractivity contribution is 0.238. The molecule has 6 heteroatoms. The summed E-state index contributed by atoms with van der Waals surface area (Å²) in [6, 6.07) is 7.94. The van der Waals surface area contributed by atoms with Crippen molar-refractivity contribution < 1.29 is 4.79 Å². The second-order valence-corrected chi connectivity index (χ2v) is 7.55. The zero-order chi connectivity index (χ0) is 17.5. The molecule has 2 fully saturated rings. The Balaban J connectivity index is 1.28. The molecule has 2 aliphatic rings. The molecule has 1 aromatic carbocycles. The number of benzene rings is 1. The fraction of sp³-hybridized carbons (Fsp3) is 0.632. The van der Waals surface area contributed by atoms with E-state index < -0.39 is 0 Å². The molecule has 0 spiro atoms. The van der Waals surface area contributed by atoms with E-state index >= 15 is 0 Å². The molecule has 2 amide bonds.